The van der Waals surface area contributed by atoms with Crippen LogP contribution in [-0.4, -0.2) is 42.8 Å². The molecule has 1 atom stereocenters. The third-order valence-corrected chi connectivity index (χ3v) is 5.03. The van der Waals surface area contributed by atoms with E-state index in [1.807, 2.05) is 0 Å². The molecule has 3 nitrogen and oxygen atoms in total. The number of aryl methyl sites for hydroxylation is 1. The highest BCUT2D eigenvalue weighted by Crippen LogP contribution is 2.39. The highest BCUT2D eigenvalue weighted by Gasteiger charge is 2.35. The largest absolute Gasteiger partial charge is 0.396 e. The van der Waals surface area contributed by atoms with E-state index in [9.17, 15) is 5.11 Å². The second-order valence-electron chi connectivity index (χ2n) is 6.34. The SMILES string of the molecule is Cc1ccc([C@@H](N2CCNCC2)C(C)(C)CO)cc1Br. The first-order chi connectivity index (χ1) is 9.45. The van der Waals surface area contributed by atoms with Gasteiger partial charge < -0.3 is 10.4 Å². The zero-order valence-corrected chi connectivity index (χ0v) is 14.2. The van der Waals surface area contributed by atoms with Gasteiger partial charge in [0.25, 0.3) is 0 Å². The first-order valence-electron chi connectivity index (χ1n) is 7.27. The third kappa shape index (κ3) is 3.42. The fraction of sp³-hybridized carbons (Fsp3) is 0.625. The first-order valence-corrected chi connectivity index (χ1v) is 8.06. The summed E-state index contributed by atoms with van der Waals surface area (Å²) in [7, 11) is 0. The molecule has 0 unspecified atom stereocenters. The van der Waals surface area contributed by atoms with Crippen LogP contribution in [-0.2, 0) is 0 Å². The Labute approximate surface area is 130 Å². The Morgan fingerprint density at radius 1 is 1.35 bits per heavy atom. The molecule has 20 heavy (non-hydrogen) atoms. The lowest BCUT2D eigenvalue weighted by Crippen LogP contribution is -2.49. The Balaban J connectivity index is 2.36. The quantitative estimate of drug-likeness (QED) is 0.884. The summed E-state index contributed by atoms with van der Waals surface area (Å²) in [5.41, 5.74) is 2.37. The van der Waals surface area contributed by atoms with E-state index in [1.165, 1.54) is 11.1 Å². The van der Waals surface area contributed by atoms with Gasteiger partial charge in [0.1, 0.15) is 0 Å². The zero-order chi connectivity index (χ0) is 14.8. The van der Waals surface area contributed by atoms with Crippen LogP contribution >= 0.6 is 15.9 Å². The minimum atomic E-state index is -0.161. The number of aliphatic hydroxyl groups excluding tert-OH is 1. The molecule has 1 aromatic rings. The van der Waals surface area contributed by atoms with Crippen molar-refractivity contribution in [2.24, 2.45) is 5.41 Å². The van der Waals surface area contributed by atoms with Crippen molar-refractivity contribution in [3.63, 3.8) is 0 Å². The molecule has 0 saturated carbocycles. The summed E-state index contributed by atoms with van der Waals surface area (Å²) in [6.07, 6.45) is 0. The number of benzene rings is 1. The molecule has 1 aliphatic heterocycles. The van der Waals surface area contributed by atoms with Gasteiger partial charge in [-0.3, -0.25) is 4.90 Å². The summed E-state index contributed by atoms with van der Waals surface area (Å²) < 4.78 is 1.14. The summed E-state index contributed by atoms with van der Waals surface area (Å²) >= 11 is 3.63. The van der Waals surface area contributed by atoms with Crippen molar-refractivity contribution < 1.29 is 5.11 Å². The van der Waals surface area contributed by atoms with E-state index < -0.39 is 0 Å². The van der Waals surface area contributed by atoms with Gasteiger partial charge in [-0.1, -0.05) is 41.9 Å². The second kappa shape index (κ2) is 6.56. The number of hydrogen-bond donors (Lipinski definition) is 2. The third-order valence-electron chi connectivity index (χ3n) is 4.18. The molecule has 0 amide bonds. The monoisotopic (exact) mass is 340 g/mol. The van der Waals surface area contributed by atoms with Crippen molar-refractivity contribution in [3.8, 4) is 0 Å². The van der Waals surface area contributed by atoms with Crippen molar-refractivity contribution in [2.45, 2.75) is 26.8 Å². The van der Waals surface area contributed by atoms with Crippen LogP contribution < -0.4 is 5.32 Å². The van der Waals surface area contributed by atoms with Gasteiger partial charge in [-0.05, 0) is 24.1 Å². The Bertz CT molecular complexity index is 456. The van der Waals surface area contributed by atoms with Crippen molar-refractivity contribution in [1.82, 2.24) is 10.2 Å². The minimum Gasteiger partial charge on any atom is -0.396 e. The Morgan fingerprint density at radius 2 is 2.00 bits per heavy atom. The maximum Gasteiger partial charge on any atom is 0.0500 e. The van der Waals surface area contributed by atoms with Gasteiger partial charge in [-0.2, -0.15) is 0 Å². The molecule has 112 valence electrons. The second-order valence-corrected chi connectivity index (χ2v) is 7.20. The van der Waals surface area contributed by atoms with Gasteiger partial charge in [0, 0.05) is 48.7 Å². The molecule has 1 aliphatic rings. The summed E-state index contributed by atoms with van der Waals surface area (Å²) in [5, 5.41) is 13.2. The molecular formula is C16H25BrN2O. The van der Waals surface area contributed by atoms with Gasteiger partial charge in [0.15, 0.2) is 0 Å². The van der Waals surface area contributed by atoms with E-state index in [-0.39, 0.29) is 18.1 Å². The lowest BCUT2D eigenvalue weighted by molar-refractivity contribution is 0.0305. The molecule has 1 aromatic carbocycles. The predicted octanol–water partition coefficient (Wildman–Crippen LogP) is 2.72. The van der Waals surface area contributed by atoms with Crippen LogP contribution in [0, 0.1) is 12.3 Å². The topological polar surface area (TPSA) is 35.5 Å². The molecule has 1 saturated heterocycles. The van der Waals surface area contributed by atoms with Crippen LogP contribution in [0.15, 0.2) is 22.7 Å². The Hall–Kier alpha value is -0.420. The standard InChI is InChI=1S/C16H25BrN2O/c1-12-4-5-13(10-14(12)17)15(16(2,3)11-20)19-8-6-18-7-9-19/h4-5,10,15,18,20H,6-9,11H2,1-3H3/t15-/m1/s1. The van der Waals surface area contributed by atoms with E-state index in [4.69, 9.17) is 0 Å². The maximum absolute atomic E-state index is 9.83. The number of nitrogens with one attached hydrogen (secondary N) is 1. The fourth-order valence-corrected chi connectivity index (χ4v) is 3.36. The number of hydrogen-bond acceptors (Lipinski definition) is 3. The van der Waals surface area contributed by atoms with Crippen LogP contribution in [0.3, 0.4) is 0 Å². The molecule has 0 bridgehead atoms. The molecule has 1 fully saturated rings. The van der Waals surface area contributed by atoms with Crippen molar-refractivity contribution in [3.05, 3.63) is 33.8 Å². The average molecular weight is 341 g/mol. The highest BCUT2D eigenvalue weighted by molar-refractivity contribution is 9.10. The Kier molecular flexibility index (Phi) is 5.24. The lowest BCUT2D eigenvalue weighted by Gasteiger charge is -2.43. The van der Waals surface area contributed by atoms with Crippen molar-refractivity contribution in [2.75, 3.05) is 32.8 Å². The molecule has 0 aliphatic carbocycles. The van der Waals surface area contributed by atoms with E-state index in [0.29, 0.717) is 0 Å². The maximum atomic E-state index is 9.83. The molecule has 4 heteroatoms. The molecule has 0 aromatic heterocycles. The van der Waals surface area contributed by atoms with Crippen LogP contribution in [0.4, 0.5) is 0 Å². The van der Waals surface area contributed by atoms with Crippen LogP contribution in [0.2, 0.25) is 0 Å². The molecular weight excluding hydrogens is 316 g/mol. The van der Waals surface area contributed by atoms with Crippen molar-refractivity contribution >= 4 is 15.9 Å². The highest BCUT2D eigenvalue weighted by atomic mass is 79.9. The minimum absolute atomic E-state index is 0.161. The molecule has 2 N–H and O–H groups in total. The smallest absolute Gasteiger partial charge is 0.0500 e. The van der Waals surface area contributed by atoms with Crippen LogP contribution in [0.5, 0.6) is 0 Å². The zero-order valence-electron chi connectivity index (χ0n) is 12.6. The normalized spacial score (nSPS) is 19.1. The van der Waals surface area contributed by atoms with Gasteiger partial charge in [0.05, 0.1) is 0 Å². The van der Waals surface area contributed by atoms with Gasteiger partial charge in [-0.25, -0.2) is 0 Å². The summed E-state index contributed by atoms with van der Waals surface area (Å²) in [6, 6.07) is 6.80. The first kappa shape index (κ1) is 16.0. The van der Waals surface area contributed by atoms with Gasteiger partial charge in [-0.15, -0.1) is 0 Å². The fourth-order valence-electron chi connectivity index (χ4n) is 2.96. The lowest BCUT2D eigenvalue weighted by atomic mass is 9.79. The molecule has 0 spiro atoms. The number of piperazine rings is 1. The van der Waals surface area contributed by atoms with E-state index in [0.717, 1.165) is 30.7 Å². The summed E-state index contributed by atoms with van der Waals surface area (Å²) in [5.74, 6) is 0. The van der Waals surface area contributed by atoms with Gasteiger partial charge >= 0.3 is 0 Å². The van der Waals surface area contributed by atoms with E-state index in [2.05, 4.69) is 65.1 Å². The number of halogens is 1. The van der Waals surface area contributed by atoms with E-state index >= 15 is 0 Å². The molecule has 2 rings (SSSR count). The number of nitrogens with zero attached hydrogens (tertiary/aromatic N) is 1. The molecule has 0 radical (unpaired) electrons. The molecule has 1 heterocycles. The average Bonchev–Trinajstić information content (AvgIpc) is 2.44. The van der Waals surface area contributed by atoms with Crippen LogP contribution in [0.1, 0.15) is 31.0 Å². The van der Waals surface area contributed by atoms with Crippen LogP contribution in [0.25, 0.3) is 0 Å². The van der Waals surface area contributed by atoms with Gasteiger partial charge in [0.2, 0.25) is 0 Å². The predicted molar refractivity (Wildman–Crippen MR) is 86.9 cm³/mol. The summed E-state index contributed by atoms with van der Waals surface area (Å²) in [4.78, 5) is 2.49. The van der Waals surface area contributed by atoms with E-state index in [1.54, 1.807) is 0 Å². The number of rotatable bonds is 4. The van der Waals surface area contributed by atoms with Crippen molar-refractivity contribution in [1.29, 1.82) is 0 Å². The summed E-state index contributed by atoms with van der Waals surface area (Å²) in [6.45, 7) is 10.7. The Morgan fingerprint density at radius 3 is 2.55 bits per heavy atom. The number of aliphatic hydroxyl groups is 1.